The highest BCUT2D eigenvalue weighted by atomic mass is 16.5. The predicted molar refractivity (Wildman–Crippen MR) is 126 cm³/mol. The van der Waals surface area contributed by atoms with Crippen molar-refractivity contribution in [2.24, 2.45) is 4.99 Å². The number of benzene rings is 2. The molecule has 0 radical (unpaired) electrons. The van der Waals surface area contributed by atoms with E-state index >= 15 is 0 Å². The monoisotopic (exact) mass is 441 g/mol. The molecule has 1 atom stereocenters. The maximum absolute atomic E-state index is 6.26. The number of nitrogens with zero attached hydrogens (tertiary/aromatic N) is 2. The number of guanidine groups is 1. The summed E-state index contributed by atoms with van der Waals surface area (Å²) in [6.07, 6.45) is 3.61. The maximum atomic E-state index is 6.26. The second-order valence-electron chi connectivity index (χ2n) is 7.94. The van der Waals surface area contributed by atoms with Crippen LogP contribution in [0, 0.1) is 0 Å². The average Bonchev–Trinajstić information content (AvgIpc) is 3.28. The van der Waals surface area contributed by atoms with Crippen LogP contribution < -0.4 is 25.4 Å². The molecule has 0 aliphatic carbocycles. The third-order valence-corrected chi connectivity index (χ3v) is 5.80. The number of hydrogen-bond acceptors (Lipinski definition) is 8. The topological polar surface area (TPSA) is 89.0 Å². The summed E-state index contributed by atoms with van der Waals surface area (Å²) < 4.78 is 18.0. The summed E-state index contributed by atoms with van der Waals surface area (Å²) in [7, 11) is 1.83. The lowest BCUT2D eigenvalue weighted by Crippen LogP contribution is -2.49. The maximum Gasteiger partial charge on any atom is 0.224 e. The smallest absolute Gasteiger partial charge is 0.224 e. The van der Waals surface area contributed by atoms with E-state index in [1.54, 1.807) is 6.20 Å². The number of fused-ring (bicyclic) bond motifs is 5. The van der Waals surface area contributed by atoms with Gasteiger partial charge in [0.1, 0.15) is 37.5 Å². The molecule has 0 spiro atoms. The van der Waals surface area contributed by atoms with Gasteiger partial charge in [0, 0.05) is 24.2 Å². The first-order valence-corrected chi connectivity index (χ1v) is 10.9. The Morgan fingerprint density at radius 1 is 1.00 bits per heavy atom. The molecule has 3 aliphatic heterocycles. The van der Waals surface area contributed by atoms with E-state index in [1.165, 1.54) is 0 Å². The van der Waals surface area contributed by atoms with Gasteiger partial charge in [0.2, 0.25) is 11.8 Å². The summed E-state index contributed by atoms with van der Waals surface area (Å²) in [5, 5.41) is 10.8. The number of aliphatic imine (C=N–C) groups is 1. The van der Waals surface area contributed by atoms with Gasteiger partial charge < -0.3 is 30.2 Å². The molecule has 0 saturated heterocycles. The van der Waals surface area contributed by atoms with Gasteiger partial charge in [-0.05, 0) is 41.5 Å². The molecule has 0 amide bonds. The minimum atomic E-state index is -0.143. The van der Waals surface area contributed by atoms with Gasteiger partial charge in [0.15, 0.2) is 0 Å². The van der Waals surface area contributed by atoms with Gasteiger partial charge in [-0.25, -0.2) is 0 Å². The van der Waals surface area contributed by atoms with E-state index in [0.717, 1.165) is 38.9 Å². The molecular formula is C25H23N5O3. The average molecular weight is 441 g/mol. The molecule has 4 heterocycles. The van der Waals surface area contributed by atoms with Crippen molar-refractivity contribution in [2.75, 3.05) is 20.3 Å². The molecule has 0 saturated carbocycles. The van der Waals surface area contributed by atoms with Crippen molar-refractivity contribution in [1.29, 1.82) is 0 Å². The van der Waals surface area contributed by atoms with E-state index < -0.39 is 0 Å². The molecule has 1 unspecified atom stereocenters. The van der Waals surface area contributed by atoms with Gasteiger partial charge in [-0.3, -0.25) is 4.98 Å². The van der Waals surface area contributed by atoms with E-state index in [0.29, 0.717) is 37.4 Å². The molecule has 33 heavy (non-hydrogen) atoms. The van der Waals surface area contributed by atoms with Crippen LogP contribution in [0.15, 0.2) is 77.4 Å². The highest BCUT2D eigenvalue weighted by Crippen LogP contribution is 2.35. The molecule has 3 aromatic rings. The van der Waals surface area contributed by atoms with Gasteiger partial charge in [0.25, 0.3) is 0 Å². The Morgan fingerprint density at radius 2 is 1.91 bits per heavy atom. The summed E-state index contributed by atoms with van der Waals surface area (Å²) >= 11 is 0. The van der Waals surface area contributed by atoms with Crippen molar-refractivity contribution in [3.63, 3.8) is 0 Å². The number of aromatic nitrogens is 1. The summed E-state index contributed by atoms with van der Waals surface area (Å²) in [4.78, 5) is 9.23. The first-order chi connectivity index (χ1) is 16.3. The Bertz CT molecular complexity index is 1330. The fourth-order valence-electron chi connectivity index (χ4n) is 4.20. The minimum absolute atomic E-state index is 0.143. The third kappa shape index (κ3) is 3.69. The Labute approximate surface area is 191 Å². The van der Waals surface area contributed by atoms with Crippen molar-refractivity contribution in [2.45, 2.75) is 12.8 Å². The van der Waals surface area contributed by atoms with Gasteiger partial charge in [-0.15, -0.1) is 0 Å². The summed E-state index contributed by atoms with van der Waals surface area (Å²) in [6.45, 7) is 1.23. The van der Waals surface area contributed by atoms with E-state index in [-0.39, 0.29) is 6.17 Å². The summed E-state index contributed by atoms with van der Waals surface area (Å²) in [6, 6.07) is 16.1. The fraction of sp³-hybridized carbons (Fsp3) is 0.200. The second-order valence-corrected chi connectivity index (χ2v) is 7.94. The van der Waals surface area contributed by atoms with Crippen LogP contribution in [-0.4, -0.2) is 37.4 Å². The molecule has 2 aromatic carbocycles. The van der Waals surface area contributed by atoms with E-state index in [1.807, 2.05) is 49.6 Å². The van der Waals surface area contributed by atoms with Crippen molar-refractivity contribution < 1.29 is 14.2 Å². The lowest BCUT2D eigenvalue weighted by Gasteiger charge is -2.26. The van der Waals surface area contributed by atoms with Crippen molar-refractivity contribution in [3.05, 3.63) is 83.5 Å². The zero-order valence-corrected chi connectivity index (χ0v) is 18.1. The molecule has 166 valence electrons. The van der Waals surface area contributed by atoms with Crippen molar-refractivity contribution in [3.8, 4) is 11.5 Å². The standard InChI is InChI=1S/C25H23N5O3/c1-26-25-29-23-22-20(13-28-23)16-5-6-21-17(10-16)11-19(12-27-21)32-8-7-31-18-4-2-3-15(9-18)14-33-24(22)30-25/h2-6,9-13,23,28H,7-8,14H2,1H3,(H2,26,29,30). The number of rotatable bonds is 0. The highest BCUT2D eigenvalue weighted by Gasteiger charge is 2.33. The number of pyridine rings is 1. The van der Waals surface area contributed by atoms with Crippen LogP contribution in [-0.2, 0) is 11.3 Å². The van der Waals surface area contributed by atoms with Gasteiger partial charge in [-0.1, -0.05) is 18.2 Å². The van der Waals surface area contributed by atoms with E-state index in [9.17, 15) is 0 Å². The molecule has 3 aliphatic rings. The zero-order chi connectivity index (χ0) is 22.2. The Balaban J connectivity index is 1.47. The van der Waals surface area contributed by atoms with Gasteiger partial charge >= 0.3 is 0 Å². The number of hydrogen-bond donors (Lipinski definition) is 3. The predicted octanol–water partition coefficient (Wildman–Crippen LogP) is 2.88. The molecule has 1 aromatic heterocycles. The molecule has 8 nitrogen and oxygen atoms in total. The van der Waals surface area contributed by atoms with E-state index in [4.69, 9.17) is 14.2 Å². The van der Waals surface area contributed by atoms with Crippen molar-refractivity contribution in [1.82, 2.24) is 20.9 Å². The quantitative estimate of drug-likeness (QED) is 0.494. The number of ether oxygens (including phenoxy) is 3. The molecular weight excluding hydrogens is 418 g/mol. The lowest BCUT2D eigenvalue weighted by molar-refractivity contribution is 0.189. The highest BCUT2D eigenvalue weighted by molar-refractivity contribution is 5.92. The van der Waals surface area contributed by atoms with Gasteiger partial charge in [0.05, 0.1) is 17.3 Å². The van der Waals surface area contributed by atoms with Crippen LogP contribution in [0.1, 0.15) is 11.1 Å². The molecule has 5 bridgehead atoms. The summed E-state index contributed by atoms with van der Waals surface area (Å²) in [5.74, 6) is 2.70. The fourth-order valence-corrected chi connectivity index (χ4v) is 4.20. The lowest BCUT2D eigenvalue weighted by atomic mass is 9.97. The minimum Gasteiger partial charge on any atom is -0.490 e. The van der Waals surface area contributed by atoms with Gasteiger partial charge in [-0.2, -0.15) is 4.99 Å². The Morgan fingerprint density at radius 3 is 2.82 bits per heavy atom. The normalized spacial score (nSPS) is 19.2. The first-order valence-electron chi connectivity index (χ1n) is 10.9. The first kappa shape index (κ1) is 19.5. The molecule has 3 N–H and O–H groups in total. The van der Waals surface area contributed by atoms with Crippen LogP contribution in [0.4, 0.5) is 0 Å². The van der Waals surface area contributed by atoms with Crippen LogP contribution in [0.2, 0.25) is 0 Å². The van der Waals surface area contributed by atoms with Crippen molar-refractivity contribution >= 4 is 22.4 Å². The van der Waals surface area contributed by atoms with Crippen LogP contribution in [0.5, 0.6) is 11.5 Å². The zero-order valence-electron chi connectivity index (χ0n) is 18.1. The molecule has 0 fully saturated rings. The Hall–Kier alpha value is -4.20. The SMILES string of the molecule is CNC1=NC2=C3C(=CNC3N1)c1ccc3ncc(cc3c1)OCCOc1cccc(c1)CO2. The third-order valence-electron chi connectivity index (χ3n) is 5.80. The van der Waals surface area contributed by atoms with Crippen LogP contribution in [0.25, 0.3) is 16.5 Å². The molecule has 6 rings (SSSR count). The second kappa shape index (κ2) is 8.05. The number of nitrogens with one attached hydrogen (secondary N) is 3. The Kier molecular flexibility index (Phi) is 4.75. The van der Waals surface area contributed by atoms with Crippen LogP contribution in [0.3, 0.4) is 0 Å². The molecule has 8 heteroatoms. The van der Waals surface area contributed by atoms with Crippen LogP contribution >= 0.6 is 0 Å². The summed E-state index contributed by atoms with van der Waals surface area (Å²) in [5.41, 5.74) is 4.94. The van der Waals surface area contributed by atoms with E-state index in [2.05, 4.69) is 38.1 Å². The largest absolute Gasteiger partial charge is 0.490 e.